The van der Waals surface area contributed by atoms with Crippen LogP contribution in [0.2, 0.25) is 0 Å². The maximum atomic E-state index is 12.2. The molecule has 6 heteroatoms. The molecule has 1 unspecified atom stereocenters. The second-order valence-electron chi connectivity index (χ2n) is 7.29. The molecule has 146 valence electrons. The highest BCUT2D eigenvalue weighted by Crippen LogP contribution is 2.18. The fourth-order valence-electron chi connectivity index (χ4n) is 3.47. The van der Waals surface area contributed by atoms with E-state index in [-0.39, 0.29) is 12.0 Å². The van der Waals surface area contributed by atoms with Crippen molar-refractivity contribution in [3.05, 3.63) is 52.4 Å². The third kappa shape index (κ3) is 5.40. The molecule has 0 radical (unpaired) electrons. The summed E-state index contributed by atoms with van der Waals surface area (Å²) in [5.74, 6) is 0.894. The first-order valence-electron chi connectivity index (χ1n) is 9.60. The summed E-state index contributed by atoms with van der Waals surface area (Å²) in [4.78, 5) is 14.4. The van der Waals surface area contributed by atoms with E-state index in [1.807, 2.05) is 26.0 Å². The van der Waals surface area contributed by atoms with E-state index < -0.39 is 0 Å². The molecule has 0 aliphatic carbocycles. The molecule has 27 heavy (non-hydrogen) atoms. The molecule has 1 atom stereocenters. The molecular weight excluding hydrogens is 342 g/mol. The fourth-order valence-corrected chi connectivity index (χ4v) is 3.47. The van der Waals surface area contributed by atoms with Crippen molar-refractivity contribution in [2.45, 2.75) is 46.3 Å². The third-order valence-electron chi connectivity index (χ3n) is 5.22. The number of hydrogen-bond donors (Lipinski definition) is 1. The lowest BCUT2D eigenvalue weighted by Crippen LogP contribution is -2.37. The zero-order chi connectivity index (χ0) is 19.2. The van der Waals surface area contributed by atoms with Crippen LogP contribution in [0.1, 0.15) is 34.6 Å². The first-order valence-corrected chi connectivity index (χ1v) is 9.60. The van der Waals surface area contributed by atoms with E-state index in [0.717, 1.165) is 42.9 Å². The van der Waals surface area contributed by atoms with Crippen LogP contribution in [-0.4, -0.2) is 48.2 Å². The fraction of sp³-hybridized carbons (Fsp3) is 0.524. The number of hydrogen-bond acceptors (Lipinski definition) is 5. The molecule has 0 saturated carbocycles. The molecule has 1 N–H and O–H groups in total. The smallest absolute Gasteiger partial charge is 0.234 e. The standard InChI is InChI=1S/C21H29N3O3/c1-15-6-4-5-7-18(15)8-10-22-21(25)13-24-11-9-19(12-24)26-14-20-16(2)23-27-17(20)3/h4-7,19H,8-14H2,1-3H3,(H,22,25). The first-order chi connectivity index (χ1) is 13.0. The van der Waals surface area contributed by atoms with Gasteiger partial charge in [-0.05, 0) is 44.7 Å². The number of aromatic nitrogens is 1. The molecule has 2 heterocycles. The van der Waals surface area contributed by atoms with Crippen molar-refractivity contribution >= 4 is 5.91 Å². The monoisotopic (exact) mass is 371 g/mol. The molecule has 0 bridgehead atoms. The van der Waals surface area contributed by atoms with Crippen LogP contribution in [0.15, 0.2) is 28.8 Å². The number of amides is 1. The minimum atomic E-state index is 0.0787. The van der Waals surface area contributed by atoms with Crippen LogP contribution in [0, 0.1) is 20.8 Å². The second kappa shape index (κ2) is 9.15. The molecular formula is C21H29N3O3. The molecule has 0 spiro atoms. The van der Waals surface area contributed by atoms with Crippen LogP contribution >= 0.6 is 0 Å². The second-order valence-corrected chi connectivity index (χ2v) is 7.29. The molecule has 1 aliphatic rings. The number of nitrogens with one attached hydrogen (secondary N) is 1. The largest absolute Gasteiger partial charge is 0.372 e. The summed E-state index contributed by atoms with van der Waals surface area (Å²) in [5.41, 5.74) is 4.47. The number of carbonyl (C=O) groups is 1. The predicted octanol–water partition coefficient (Wildman–Crippen LogP) is 2.55. The van der Waals surface area contributed by atoms with Gasteiger partial charge in [-0.25, -0.2) is 0 Å². The van der Waals surface area contributed by atoms with Gasteiger partial charge in [-0.3, -0.25) is 9.69 Å². The Balaban J connectivity index is 1.35. The maximum absolute atomic E-state index is 12.2. The Morgan fingerprint density at radius 3 is 2.89 bits per heavy atom. The first kappa shape index (κ1) is 19.6. The van der Waals surface area contributed by atoms with Gasteiger partial charge in [0.05, 0.1) is 24.9 Å². The van der Waals surface area contributed by atoms with Crippen molar-refractivity contribution in [3.8, 4) is 0 Å². The number of carbonyl (C=O) groups excluding carboxylic acids is 1. The van der Waals surface area contributed by atoms with Gasteiger partial charge >= 0.3 is 0 Å². The minimum Gasteiger partial charge on any atom is -0.372 e. The Labute approximate surface area is 160 Å². The van der Waals surface area contributed by atoms with Gasteiger partial charge in [-0.15, -0.1) is 0 Å². The van der Waals surface area contributed by atoms with Gasteiger partial charge in [0, 0.05) is 25.2 Å². The molecule has 1 aliphatic heterocycles. The molecule has 1 aromatic heterocycles. The summed E-state index contributed by atoms with van der Waals surface area (Å²) in [6.45, 7) is 9.22. The number of aryl methyl sites for hydroxylation is 3. The summed E-state index contributed by atoms with van der Waals surface area (Å²) >= 11 is 0. The van der Waals surface area contributed by atoms with Crippen molar-refractivity contribution in [2.75, 3.05) is 26.2 Å². The summed E-state index contributed by atoms with van der Waals surface area (Å²) in [6, 6.07) is 8.29. The maximum Gasteiger partial charge on any atom is 0.234 e. The van der Waals surface area contributed by atoms with Crippen LogP contribution < -0.4 is 5.32 Å². The third-order valence-corrected chi connectivity index (χ3v) is 5.22. The van der Waals surface area contributed by atoms with Crippen molar-refractivity contribution in [1.29, 1.82) is 0 Å². The molecule has 1 saturated heterocycles. The van der Waals surface area contributed by atoms with E-state index in [1.54, 1.807) is 0 Å². The van der Waals surface area contributed by atoms with E-state index in [4.69, 9.17) is 9.26 Å². The Hall–Kier alpha value is -2.18. The molecule has 1 aromatic carbocycles. The zero-order valence-electron chi connectivity index (χ0n) is 16.5. The summed E-state index contributed by atoms with van der Waals surface area (Å²) in [7, 11) is 0. The van der Waals surface area contributed by atoms with Gasteiger partial charge < -0.3 is 14.6 Å². The highest BCUT2D eigenvalue weighted by molar-refractivity contribution is 5.78. The molecule has 1 amide bonds. The Morgan fingerprint density at radius 1 is 1.33 bits per heavy atom. The van der Waals surface area contributed by atoms with Crippen LogP contribution in [0.5, 0.6) is 0 Å². The van der Waals surface area contributed by atoms with Gasteiger partial charge in [-0.2, -0.15) is 0 Å². The van der Waals surface area contributed by atoms with Gasteiger partial charge in [0.2, 0.25) is 5.91 Å². The van der Waals surface area contributed by atoms with E-state index in [9.17, 15) is 4.79 Å². The van der Waals surface area contributed by atoms with Gasteiger partial charge in [-0.1, -0.05) is 29.4 Å². The number of benzene rings is 1. The predicted molar refractivity (Wildman–Crippen MR) is 104 cm³/mol. The quantitative estimate of drug-likeness (QED) is 0.772. The summed E-state index contributed by atoms with van der Waals surface area (Å²) in [6.07, 6.45) is 1.96. The van der Waals surface area contributed by atoms with Crippen molar-refractivity contribution in [2.24, 2.45) is 0 Å². The van der Waals surface area contributed by atoms with E-state index >= 15 is 0 Å². The lowest BCUT2D eigenvalue weighted by molar-refractivity contribution is -0.122. The molecule has 1 fully saturated rings. The van der Waals surface area contributed by atoms with Crippen LogP contribution in [0.3, 0.4) is 0 Å². The summed E-state index contributed by atoms with van der Waals surface area (Å²) in [5, 5.41) is 6.98. The highest BCUT2D eigenvalue weighted by Gasteiger charge is 2.25. The van der Waals surface area contributed by atoms with E-state index in [2.05, 4.69) is 34.4 Å². The van der Waals surface area contributed by atoms with Crippen molar-refractivity contribution in [1.82, 2.24) is 15.4 Å². The zero-order valence-corrected chi connectivity index (χ0v) is 16.5. The minimum absolute atomic E-state index is 0.0787. The lowest BCUT2D eigenvalue weighted by atomic mass is 10.1. The number of rotatable bonds is 8. The average molecular weight is 371 g/mol. The Morgan fingerprint density at radius 2 is 2.15 bits per heavy atom. The van der Waals surface area contributed by atoms with E-state index in [0.29, 0.717) is 19.7 Å². The molecule has 6 nitrogen and oxygen atoms in total. The Kier molecular flexibility index (Phi) is 6.63. The van der Waals surface area contributed by atoms with Gasteiger partial charge in [0.1, 0.15) is 5.76 Å². The van der Waals surface area contributed by atoms with E-state index in [1.165, 1.54) is 11.1 Å². The number of nitrogens with zero attached hydrogens (tertiary/aromatic N) is 2. The SMILES string of the molecule is Cc1ccccc1CCNC(=O)CN1CCC(OCc2c(C)noc2C)C1. The Bertz CT molecular complexity index is 752. The topological polar surface area (TPSA) is 67.6 Å². The number of ether oxygens (including phenoxy) is 1. The van der Waals surface area contributed by atoms with Crippen LogP contribution in [0.4, 0.5) is 0 Å². The van der Waals surface area contributed by atoms with Crippen molar-refractivity contribution in [3.63, 3.8) is 0 Å². The number of likely N-dealkylation sites (tertiary alicyclic amines) is 1. The van der Waals surface area contributed by atoms with Gasteiger partial charge in [0.25, 0.3) is 0 Å². The van der Waals surface area contributed by atoms with Crippen molar-refractivity contribution < 1.29 is 14.1 Å². The summed E-state index contributed by atoms with van der Waals surface area (Å²) < 4.78 is 11.2. The lowest BCUT2D eigenvalue weighted by Gasteiger charge is -2.16. The van der Waals surface area contributed by atoms with Crippen LogP contribution in [0.25, 0.3) is 0 Å². The highest BCUT2D eigenvalue weighted by atomic mass is 16.5. The molecule has 2 aromatic rings. The van der Waals surface area contributed by atoms with Crippen LogP contribution in [-0.2, 0) is 22.6 Å². The van der Waals surface area contributed by atoms with Gasteiger partial charge in [0.15, 0.2) is 0 Å². The molecule has 3 rings (SSSR count). The normalized spacial score (nSPS) is 17.4. The average Bonchev–Trinajstić information content (AvgIpc) is 3.21.